The lowest BCUT2D eigenvalue weighted by Gasteiger charge is -2.28. The largest absolute Gasteiger partial charge is 0.488 e. The Morgan fingerprint density at radius 2 is 2.07 bits per heavy atom. The highest BCUT2D eigenvalue weighted by Crippen LogP contribution is 2.25. The fourth-order valence-electron chi connectivity index (χ4n) is 1.93. The molecule has 1 fully saturated rings. The summed E-state index contributed by atoms with van der Waals surface area (Å²) in [5, 5.41) is 9.76. The molecule has 1 aromatic rings. The van der Waals surface area contributed by atoms with Crippen molar-refractivity contribution in [3.63, 3.8) is 0 Å². The smallest absolute Gasteiger partial charge is 0.124 e. The fraction of sp³-hybridized carbons (Fsp3) is 0.500. The lowest BCUT2D eigenvalue weighted by atomic mass is 9.95. The summed E-state index contributed by atoms with van der Waals surface area (Å²) in [7, 11) is 0. The molecule has 0 heterocycles. The van der Waals surface area contributed by atoms with Gasteiger partial charge in [0.1, 0.15) is 11.9 Å². The number of ether oxygens (including phenoxy) is 1. The lowest BCUT2D eigenvalue weighted by molar-refractivity contribution is 0.00685. The van der Waals surface area contributed by atoms with Crippen molar-refractivity contribution in [2.45, 2.75) is 37.9 Å². The van der Waals surface area contributed by atoms with Gasteiger partial charge in [-0.25, -0.2) is 0 Å². The van der Waals surface area contributed by atoms with Crippen molar-refractivity contribution in [3.8, 4) is 5.75 Å². The summed E-state index contributed by atoms with van der Waals surface area (Å²) < 4.78 is 6.77. The number of aliphatic hydroxyl groups is 1. The molecule has 2 nitrogen and oxygen atoms in total. The first-order valence-corrected chi connectivity index (χ1v) is 6.15. The number of halogens is 1. The molecule has 2 rings (SSSR count). The van der Waals surface area contributed by atoms with Gasteiger partial charge in [0, 0.05) is 4.47 Å². The number of aliphatic hydroxyl groups excluding tert-OH is 1. The molecule has 1 N–H and O–H groups in total. The van der Waals surface area contributed by atoms with Crippen molar-refractivity contribution in [1.29, 1.82) is 0 Å². The molecular formula is C12H15BrO2. The van der Waals surface area contributed by atoms with Crippen molar-refractivity contribution in [2.24, 2.45) is 0 Å². The van der Waals surface area contributed by atoms with E-state index >= 15 is 0 Å². The minimum atomic E-state index is -0.308. The lowest BCUT2D eigenvalue weighted by Crippen LogP contribution is -2.34. The van der Waals surface area contributed by atoms with Gasteiger partial charge in [-0.1, -0.05) is 28.4 Å². The molecule has 82 valence electrons. The van der Waals surface area contributed by atoms with Gasteiger partial charge in [0.05, 0.1) is 6.10 Å². The molecule has 1 aliphatic rings. The topological polar surface area (TPSA) is 29.5 Å². The third-order valence-corrected chi connectivity index (χ3v) is 3.24. The van der Waals surface area contributed by atoms with E-state index < -0.39 is 0 Å². The van der Waals surface area contributed by atoms with Crippen LogP contribution in [0.15, 0.2) is 28.7 Å². The van der Waals surface area contributed by atoms with Gasteiger partial charge in [-0.3, -0.25) is 0 Å². The van der Waals surface area contributed by atoms with Gasteiger partial charge in [-0.2, -0.15) is 0 Å². The maximum atomic E-state index is 9.76. The highest BCUT2D eigenvalue weighted by Gasteiger charge is 2.24. The Hall–Kier alpha value is -0.540. The van der Waals surface area contributed by atoms with Gasteiger partial charge in [-0.05, 0) is 37.5 Å². The van der Waals surface area contributed by atoms with E-state index in [0.29, 0.717) is 0 Å². The average molecular weight is 271 g/mol. The molecule has 0 amide bonds. The standard InChI is InChI=1S/C12H15BrO2/c13-9-4-3-5-10(8-9)15-12-7-2-1-6-11(12)14/h3-5,8,11-12,14H,1-2,6-7H2/t11-,12-/m1/s1. The molecule has 0 radical (unpaired) electrons. The first kappa shape index (κ1) is 11.0. The van der Waals surface area contributed by atoms with Crippen LogP contribution in [0.2, 0.25) is 0 Å². The van der Waals surface area contributed by atoms with E-state index in [9.17, 15) is 5.11 Å². The molecule has 0 bridgehead atoms. The van der Waals surface area contributed by atoms with Gasteiger partial charge in [0.25, 0.3) is 0 Å². The average Bonchev–Trinajstić information content (AvgIpc) is 2.22. The molecule has 1 saturated carbocycles. The van der Waals surface area contributed by atoms with E-state index in [1.54, 1.807) is 0 Å². The first-order valence-electron chi connectivity index (χ1n) is 5.36. The number of hydrogen-bond acceptors (Lipinski definition) is 2. The quantitative estimate of drug-likeness (QED) is 0.895. The van der Waals surface area contributed by atoms with Crippen LogP contribution in [-0.2, 0) is 0 Å². The number of hydrogen-bond donors (Lipinski definition) is 1. The normalized spacial score (nSPS) is 26.3. The Kier molecular flexibility index (Phi) is 3.65. The van der Waals surface area contributed by atoms with Gasteiger partial charge in [0.15, 0.2) is 0 Å². The molecule has 3 heteroatoms. The predicted octanol–water partition coefficient (Wildman–Crippen LogP) is 3.13. The zero-order valence-corrected chi connectivity index (χ0v) is 10.1. The van der Waals surface area contributed by atoms with E-state index in [1.165, 1.54) is 0 Å². The molecule has 0 spiro atoms. The maximum absolute atomic E-state index is 9.76. The zero-order chi connectivity index (χ0) is 10.7. The van der Waals surface area contributed by atoms with Crippen molar-refractivity contribution >= 4 is 15.9 Å². The molecule has 0 aliphatic heterocycles. The van der Waals surface area contributed by atoms with E-state index in [0.717, 1.165) is 35.9 Å². The summed E-state index contributed by atoms with van der Waals surface area (Å²) in [5.74, 6) is 0.829. The minimum Gasteiger partial charge on any atom is -0.488 e. The summed E-state index contributed by atoms with van der Waals surface area (Å²) in [6.45, 7) is 0. The number of benzene rings is 1. The van der Waals surface area contributed by atoms with Crippen LogP contribution in [0.1, 0.15) is 25.7 Å². The molecule has 15 heavy (non-hydrogen) atoms. The second-order valence-corrected chi connectivity index (χ2v) is 4.88. The van der Waals surface area contributed by atoms with Gasteiger partial charge in [0.2, 0.25) is 0 Å². The third-order valence-electron chi connectivity index (χ3n) is 2.75. The Balaban J connectivity index is 2.01. The summed E-state index contributed by atoms with van der Waals surface area (Å²) in [6.07, 6.45) is 3.73. The molecule has 0 saturated heterocycles. The van der Waals surface area contributed by atoms with Crippen LogP contribution in [0.4, 0.5) is 0 Å². The van der Waals surface area contributed by atoms with E-state index in [2.05, 4.69) is 15.9 Å². The first-order chi connectivity index (χ1) is 7.25. The van der Waals surface area contributed by atoms with Crippen LogP contribution in [-0.4, -0.2) is 17.3 Å². The van der Waals surface area contributed by atoms with Gasteiger partial charge < -0.3 is 9.84 Å². The van der Waals surface area contributed by atoms with Crippen molar-refractivity contribution in [2.75, 3.05) is 0 Å². The van der Waals surface area contributed by atoms with Crippen LogP contribution in [0.3, 0.4) is 0 Å². The predicted molar refractivity (Wildman–Crippen MR) is 63.0 cm³/mol. The van der Waals surface area contributed by atoms with Crippen LogP contribution in [0.25, 0.3) is 0 Å². The van der Waals surface area contributed by atoms with Crippen molar-refractivity contribution < 1.29 is 9.84 Å². The van der Waals surface area contributed by atoms with Gasteiger partial charge >= 0.3 is 0 Å². The van der Waals surface area contributed by atoms with Crippen molar-refractivity contribution in [1.82, 2.24) is 0 Å². The van der Waals surface area contributed by atoms with Crippen LogP contribution in [0.5, 0.6) is 5.75 Å². The van der Waals surface area contributed by atoms with E-state index in [4.69, 9.17) is 4.74 Å². The molecule has 2 atom stereocenters. The summed E-state index contributed by atoms with van der Waals surface area (Å²) in [5.41, 5.74) is 0. The monoisotopic (exact) mass is 270 g/mol. The molecular weight excluding hydrogens is 256 g/mol. The van der Waals surface area contributed by atoms with Crippen LogP contribution >= 0.6 is 15.9 Å². The Morgan fingerprint density at radius 1 is 1.27 bits per heavy atom. The Morgan fingerprint density at radius 3 is 2.80 bits per heavy atom. The third kappa shape index (κ3) is 2.95. The summed E-state index contributed by atoms with van der Waals surface area (Å²) in [6, 6.07) is 7.76. The molecule has 1 aliphatic carbocycles. The molecule has 0 unspecified atom stereocenters. The molecule has 1 aromatic carbocycles. The second-order valence-electron chi connectivity index (χ2n) is 3.97. The SMILES string of the molecule is O[C@@H]1CCCC[C@H]1Oc1cccc(Br)c1. The van der Waals surface area contributed by atoms with Crippen molar-refractivity contribution in [3.05, 3.63) is 28.7 Å². The zero-order valence-electron chi connectivity index (χ0n) is 8.53. The Labute approximate surface area is 98.4 Å². The fourth-order valence-corrected chi connectivity index (χ4v) is 2.31. The summed E-state index contributed by atoms with van der Waals surface area (Å²) >= 11 is 3.40. The highest BCUT2D eigenvalue weighted by atomic mass is 79.9. The van der Waals surface area contributed by atoms with Crippen LogP contribution < -0.4 is 4.74 Å². The second kappa shape index (κ2) is 4.99. The highest BCUT2D eigenvalue weighted by molar-refractivity contribution is 9.10. The maximum Gasteiger partial charge on any atom is 0.124 e. The van der Waals surface area contributed by atoms with Crippen LogP contribution in [0, 0.1) is 0 Å². The number of rotatable bonds is 2. The van der Waals surface area contributed by atoms with Gasteiger partial charge in [-0.15, -0.1) is 0 Å². The summed E-state index contributed by atoms with van der Waals surface area (Å²) in [4.78, 5) is 0. The van der Waals surface area contributed by atoms with E-state index in [-0.39, 0.29) is 12.2 Å². The van der Waals surface area contributed by atoms with E-state index in [1.807, 2.05) is 24.3 Å². The molecule has 0 aromatic heterocycles. The Bertz CT molecular complexity index is 327. The minimum absolute atomic E-state index is 0.0342.